The van der Waals surface area contributed by atoms with Crippen LogP contribution in [0.15, 0.2) is 34.9 Å². The molecule has 1 atom stereocenters. The van der Waals surface area contributed by atoms with Crippen molar-refractivity contribution in [2.75, 3.05) is 6.61 Å². The number of carbonyl (C=O) groups excluding carboxylic acids is 1. The summed E-state index contributed by atoms with van der Waals surface area (Å²) in [6.07, 6.45) is 2.73. The third kappa shape index (κ3) is 4.78. The molecule has 0 aliphatic carbocycles. The second-order valence-corrected chi connectivity index (χ2v) is 5.68. The predicted molar refractivity (Wildman–Crippen MR) is 82.2 cm³/mol. The van der Waals surface area contributed by atoms with Crippen LogP contribution in [-0.4, -0.2) is 23.7 Å². The van der Waals surface area contributed by atoms with Crippen LogP contribution >= 0.6 is 11.3 Å². The maximum absolute atomic E-state index is 12.1. The van der Waals surface area contributed by atoms with Gasteiger partial charge in [-0.2, -0.15) is 0 Å². The molecular formula is C16H17NO3S. The number of hydrogen-bond donors (Lipinski definition) is 2. The highest BCUT2D eigenvalue weighted by Gasteiger charge is 2.13. The Hall–Kier alpha value is -2.03. The molecule has 0 bridgehead atoms. The second-order valence-electron chi connectivity index (χ2n) is 4.60. The van der Waals surface area contributed by atoms with E-state index in [4.69, 9.17) is 9.52 Å². The lowest BCUT2D eigenvalue weighted by atomic mass is 10.2. The van der Waals surface area contributed by atoms with E-state index in [0.717, 1.165) is 10.6 Å². The summed E-state index contributed by atoms with van der Waals surface area (Å²) in [6, 6.07) is 7.31. The Kier molecular flexibility index (Phi) is 5.61. The van der Waals surface area contributed by atoms with Crippen molar-refractivity contribution in [1.29, 1.82) is 0 Å². The quantitative estimate of drug-likeness (QED) is 0.834. The highest BCUT2D eigenvalue weighted by molar-refractivity contribution is 7.14. The Morgan fingerprint density at radius 1 is 1.48 bits per heavy atom. The first-order valence-corrected chi connectivity index (χ1v) is 7.53. The highest BCUT2D eigenvalue weighted by Crippen LogP contribution is 2.15. The third-order valence-electron chi connectivity index (χ3n) is 2.74. The van der Waals surface area contributed by atoms with Gasteiger partial charge in [0.25, 0.3) is 5.91 Å². The van der Waals surface area contributed by atoms with E-state index in [1.807, 2.05) is 25.1 Å². The van der Waals surface area contributed by atoms with E-state index in [1.165, 1.54) is 11.3 Å². The molecule has 0 saturated heterocycles. The van der Waals surface area contributed by atoms with Crippen molar-refractivity contribution in [1.82, 2.24) is 5.32 Å². The molecule has 2 rings (SSSR count). The number of rotatable bonds is 5. The normalized spacial score (nSPS) is 11.5. The van der Waals surface area contributed by atoms with Crippen LogP contribution < -0.4 is 5.32 Å². The van der Waals surface area contributed by atoms with Crippen LogP contribution in [0, 0.1) is 11.8 Å². The number of hydrogen-bond acceptors (Lipinski definition) is 4. The number of thiophene rings is 1. The standard InChI is InChI=1S/C16H17NO3S/c1-12(11-13-5-4-10-20-13)17-16(19)15-8-7-14(21-15)6-2-3-9-18/h4-5,7-8,10,12,18H,3,9,11H2,1H3,(H,17,19). The van der Waals surface area contributed by atoms with Crippen LogP contribution in [0.5, 0.6) is 0 Å². The van der Waals surface area contributed by atoms with E-state index in [-0.39, 0.29) is 18.6 Å². The van der Waals surface area contributed by atoms with Crippen molar-refractivity contribution in [2.24, 2.45) is 0 Å². The Labute approximate surface area is 127 Å². The molecule has 4 nitrogen and oxygen atoms in total. The molecule has 1 amide bonds. The molecule has 2 aromatic rings. The molecule has 5 heteroatoms. The predicted octanol–water partition coefficient (Wildman–Crippen LogP) is 2.44. The van der Waals surface area contributed by atoms with Gasteiger partial charge in [-0.3, -0.25) is 4.79 Å². The average Bonchev–Trinajstić information content (AvgIpc) is 3.10. The summed E-state index contributed by atoms with van der Waals surface area (Å²) in [4.78, 5) is 13.6. The van der Waals surface area contributed by atoms with Crippen molar-refractivity contribution in [3.63, 3.8) is 0 Å². The number of furan rings is 1. The van der Waals surface area contributed by atoms with Crippen LogP contribution in [0.1, 0.15) is 33.7 Å². The average molecular weight is 303 g/mol. The first kappa shape index (κ1) is 15.4. The number of aliphatic hydroxyl groups is 1. The molecule has 2 heterocycles. The molecule has 0 aliphatic heterocycles. The second kappa shape index (κ2) is 7.67. The monoisotopic (exact) mass is 303 g/mol. The van der Waals surface area contributed by atoms with Gasteiger partial charge in [0.05, 0.1) is 22.6 Å². The highest BCUT2D eigenvalue weighted by atomic mass is 32.1. The minimum absolute atomic E-state index is 0.00493. The van der Waals surface area contributed by atoms with Crippen molar-refractivity contribution < 1.29 is 14.3 Å². The van der Waals surface area contributed by atoms with E-state index in [9.17, 15) is 4.79 Å². The fourth-order valence-corrected chi connectivity index (χ4v) is 2.59. The van der Waals surface area contributed by atoms with E-state index in [1.54, 1.807) is 12.3 Å². The smallest absolute Gasteiger partial charge is 0.261 e. The molecule has 2 N–H and O–H groups in total. The molecule has 2 aromatic heterocycles. The lowest BCUT2D eigenvalue weighted by molar-refractivity contribution is 0.0943. The largest absolute Gasteiger partial charge is 0.469 e. The summed E-state index contributed by atoms with van der Waals surface area (Å²) in [5, 5.41) is 11.6. The van der Waals surface area contributed by atoms with Gasteiger partial charge in [0.15, 0.2) is 0 Å². The van der Waals surface area contributed by atoms with Gasteiger partial charge in [-0.05, 0) is 31.2 Å². The van der Waals surface area contributed by atoms with E-state index in [0.29, 0.717) is 17.7 Å². The molecule has 0 aliphatic rings. The van der Waals surface area contributed by atoms with Gasteiger partial charge in [0.2, 0.25) is 0 Å². The van der Waals surface area contributed by atoms with Gasteiger partial charge in [-0.15, -0.1) is 11.3 Å². The molecule has 21 heavy (non-hydrogen) atoms. The topological polar surface area (TPSA) is 62.5 Å². The number of carbonyl (C=O) groups is 1. The molecule has 0 spiro atoms. The zero-order valence-electron chi connectivity index (χ0n) is 11.8. The summed E-state index contributed by atoms with van der Waals surface area (Å²) in [6.45, 7) is 1.99. The molecule has 0 aromatic carbocycles. The van der Waals surface area contributed by atoms with Crippen LogP contribution in [-0.2, 0) is 6.42 Å². The van der Waals surface area contributed by atoms with Crippen LogP contribution in [0.2, 0.25) is 0 Å². The van der Waals surface area contributed by atoms with Crippen molar-refractivity contribution in [2.45, 2.75) is 25.8 Å². The number of aliphatic hydroxyl groups excluding tert-OH is 1. The van der Waals surface area contributed by atoms with Gasteiger partial charge in [-0.1, -0.05) is 11.8 Å². The summed E-state index contributed by atoms with van der Waals surface area (Å²) >= 11 is 1.35. The van der Waals surface area contributed by atoms with Crippen molar-refractivity contribution in [3.05, 3.63) is 46.0 Å². The Balaban J connectivity index is 1.90. The fourth-order valence-electron chi connectivity index (χ4n) is 1.81. The van der Waals surface area contributed by atoms with Gasteiger partial charge >= 0.3 is 0 Å². The molecule has 1 unspecified atom stereocenters. The van der Waals surface area contributed by atoms with E-state index >= 15 is 0 Å². The minimum atomic E-state index is -0.103. The zero-order chi connectivity index (χ0) is 15.1. The van der Waals surface area contributed by atoms with Gasteiger partial charge in [0.1, 0.15) is 5.76 Å². The zero-order valence-corrected chi connectivity index (χ0v) is 12.6. The van der Waals surface area contributed by atoms with Crippen molar-refractivity contribution >= 4 is 17.2 Å². The van der Waals surface area contributed by atoms with Gasteiger partial charge in [0, 0.05) is 18.9 Å². The Morgan fingerprint density at radius 2 is 2.33 bits per heavy atom. The Morgan fingerprint density at radius 3 is 3.05 bits per heavy atom. The van der Waals surface area contributed by atoms with Crippen LogP contribution in [0.4, 0.5) is 0 Å². The summed E-state index contributed by atoms with van der Waals surface area (Å²) in [5.74, 6) is 6.51. The van der Waals surface area contributed by atoms with Gasteiger partial charge < -0.3 is 14.8 Å². The summed E-state index contributed by atoms with van der Waals surface area (Å²) < 4.78 is 5.26. The first-order chi connectivity index (χ1) is 10.2. The maximum atomic E-state index is 12.1. The lowest BCUT2D eigenvalue weighted by Crippen LogP contribution is -2.33. The number of nitrogens with one attached hydrogen (secondary N) is 1. The summed E-state index contributed by atoms with van der Waals surface area (Å²) in [7, 11) is 0. The molecular weight excluding hydrogens is 286 g/mol. The molecule has 0 fully saturated rings. The Bertz CT molecular complexity index is 634. The van der Waals surface area contributed by atoms with Crippen LogP contribution in [0.25, 0.3) is 0 Å². The minimum Gasteiger partial charge on any atom is -0.469 e. The van der Waals surface area contributed by atoms with E-state index in [2.05, 4.69) is 17.2 Å². The maximum Gasteiger partial charge on any atom is 0.261 e. The fraction of sp³-hybridized carbons (Fsp3) is 0.312. The summed E-state index contributed by atoms with van der Waals surface area (Å²) in [5.41, 5.74) is 0. The van der Waals surface area contributed by atoms with E-state index < -0.39 is 0 Å². The van der Waals surface area contributed by atoms with Gasteiger partial charge in [-0.25, -0.2) is 0 Å². The lowest BCUT2D eigenvalue weighted by Gasteiger charge is -2.11. The first-order valence-electron chi connectivity index (χ1n) is 6.72. The molecule has 110 valence electrons. The van der Waals surface area contributed by atoms with Crippen molar-refractivity contribution in [3.8, 4) is 11.8 Å². The van der Waals surface area contributed by atoms with Crippen LogP contribution in [0.3, 0.4) is 0 Å². The molecule has 0 saturated carbocycles. The SMILES string of the molecule is CC(Cc1ccco1)NC(=O)c1ccc(C#CCCO)s1. The third-order valence-corrected chi connectivity index (χ3v) is 3.74. The number of amides is 1. The molecule has 0 radical (unpaired) electrons.